The van der Waals surface area contributed by atoms with E-state index in [1.165, 1.54) is 34.9 Å². The monoisotopic (exact) mass is 691 g/mol. The van der Waals surface area contributed by atoms with E-state index in [0.717, 1.165) is 14.8 Å². The van der Waals surface area contributed by atoms with Gasteiger partial charge in [0.2, 0.25) is 11.8 Å². The van der Waals surface area contributed by atoms with Crippen molar-refractivity contribution < 1.29 is 27.1 Å². The molecule has 1 unspecified atom stereocenters. The van der Waals surface area contributed by atoms with Crippen molar-refractivity contribution in [2.75, 3.05) is 30.3 Å². The van der Waals surface area contributed by atoms with Gasteiger partial charge in [-0.3, -0.25) is 13.9 Å². The van der Waals surface area contributed by atoms with E-state index >= 15 is 4.39 Å². The fraction of sp³-hybridized carbons (Fsp3) is 0.297. The molecule has 0 spiro atoms. The Bertz CT molecular complexity index is 1770. The molecule has 8 nitrogen and oxygen atoms in total. The van der Waals surface area contributed by atoms with Gasteiger partial charge in [0.15, 0.2) is 0 Å². The summed E-state index contributed by atoms with van der Waals surface area (Å²) in [6, 6.07) is 27.2. The van der Waals surface area contributed by atoms with Crippen molar-refractivity contribution in [1.29, 1.82) is 0 Å². The number of sulfonamides is 1. The summed E-state index contributed by atoms with van der Waals surface area (Å²) in [6.45, 7) is 5.38. The van der Waals surface area contributed by atoms with Crippen molar-refractivity contribution in [3.05, 3.63) is 120 Å². The maximum atomic E-state index is 15.1. The van der Waals surface area contributed by atoms with Crippen LogP contribution >= 0.6 is 11.8 Å². The van der Waals surface area contributed by atoms with Gasteiger partial charge in [0.1, 0.15) is 24.2 Å². The summed E-state index contributed by atoms with van der Waals surface area (Å²) < 4.78 is 50.7. The first-order chi connectivity index (χ1) is 23.0. The zero-order chi connectivity index (χ0) is 34.7. The van der Waals surface area contributed by atoms with Gasteiger partial charge in [-0.2, -0.15) is 0 Å². The maximum Gasteiger partial charge on any atom is 0.264 e. The molecule has 0 saturated carbocycles. The van der Waals surface area contributed by atoms with Gasteiger partial charge in [-0.1, -0.05) is 74.5 Å². The van der Waals surface area contributed by atoms with Crippen LogP contribution in [0.2, 0.25) is 0 Å². The molecule has 48 heavy (non-hydrogen) atoms. The Hall–Kier alpha value is -4.35. The molecule has 0 aromatic heterocycles. The normalized spacial score (nSPS) is 12.0. The van der Waals surface area contributed by atoms with Gasteiger partial charge >= 0.3 is 0 Å². The predicted octanol–water partition coefficient (Wildman–Crippen LogP) is 6.55. The Morgan fingerprint density at radius 3 is 2.19 bits per heavy atom. The summed E-state index contributed by atoms with van der Waals surface area (Å²) in [4.78, 5) is 30.7. The molecule has 0 radical (unpaired) electrons. The smallest absolute Gasteiger partial charge is 0.264 e. The third-order valence-electron chi connectivity index (χ3n) is 7.61. The van der Waals surface area contributed by atoms with E-state index in [-0.39, 0.29) is 47.4 Å². The van der Waals surface area contributed by atoms with Crippen molar-refractivity contribution in [3.8, 4) is 5.75 Å². The average molecular weight is 692 g/mol. The first-order valence-corrected chi connectivity index (χ1v) is 18.4. The number of thioether (sulfide) groups is 1. The average Bonchev–Trinajstić information content (AvgIpc) is 3.09. The lowest BCUT2D eigenvalue weighted by molar-refractivity contribution is -0.140. The van der Waals surface area contributed by atoms with Gasteiger partial charge in [-0.05, 0) is 67.1 Å². The molecule has 4 aromatic carbocycles. The van der Waals surface area contributed by atoms with E-state index in [9.17, 15) is 18.0 Å². The van der Waals surface area contributed by atoms with Crippen molar-refractivity contribution >= 4 is 39.3 Å². The minimum Gasteiger partial charge on any atom is -0.492 e. The number of nitrogens with zero attached hydrogens (tertiary/aromatic N) is 2. The summed E-state index contributed by atoms with van der Waals surface area (Å²) in [5.74, 6) is -1.25. The molecule has 4 rings (SSSR count). The van der Waals surface area contributed by atoms with Crippen molar-refractivity contribution in [1.82, 2.24) is 10.2 Å². The number of carbonyl (C=O) groups excluding carboxylic acids is 2. The van der Waals surface area contributed by atoms with Gasteiger partial charge in [0, 0.05) is 30.0 Å². The SMILES string of the molecule is CCOc1ccccc1N(CC(=O)N(Cc1ccccc1F)C(Cc1ccccc1)C(=O)NCC(C)C)S(=O)(=O)c1ccc(SC)cc1. The van der Waals surface area contributed by atoms with Gasteiger partial charge in [-0.25, -0.2) is 12.8 Å². The van der Waals surface area contributed by atoms with Crippen LogP contribution in [0.5, 0.6) is 5.75 Å². The molecule has 11 heteroatoms. The lowest BCUT2D eigenvalue weighted by Crippen LogP contribution is -2.53. The van der Waals surface area contributed by atoms with Crippen LogP contribution < -0.4 is 14.4 Å². The number of ether oxygens (including phenoxy) is 1. The Morgan fingerprint density at radius 2 is 1.54 bits per heavy atom. The molecule has 0 aliphatic rings. The molecule has 0 saturated heterocycles. The first kappa shape index (κ1) is 36.5. The molecule has 2 amide bonds. The largest absolute Gasteiger partial charge is 0.492 e. The molecule has 1 N–H and O–H groups in total. The molecule has 0 bridgehead atoms. The zero-order valence-electron chi connectivity index (χ0n) is 27.6. The topological polar surface area (TPSA) is 96.0 Å². The van der Waals surface area contributed by atoms with Crippen LogP contribution in [-0.4, -0.2) is 57.1 Å². The van der Waals surface area contributed by atoms with Crippen LogP contribution in [0.1, 0.15) is 31.9 Å². The summed E-state index contributed by atoms with van der Waals surface area (Å²) in [5, 5.41) is 2.94. The number of nitrogens with one attached hydrogen (secondary N) is 1. The lowest BCUT2D eigenvalue weighted by Gasteiger charge is -2.34. The highest BCUT2D eigenvalue weighted by molar-refractivity contribution is 7.98. The molecular formula is C37H42FN3O5S2. The number of para-hydroxylation sites is 2. The predicted molar refractivity (Wildman–Crippen MR) is 189 cm³/mol. The second-order valence-electron chi connectivity index (χ2n) is 11.5. The summed E-state index contributed by atoms with van der Waals surface area (Å²) in [6.07, 6.45) is 2.02. The molecule has 0 fully saturated rings. The highest BCUT2D eigenvalue weighted by atomic mass is 32.2. The highest BCUT2D eigenvalue weighted by Crippen LogP contribution is 2.33. The van der Waals surface area contributed by atoms with Gasteiger partial charge in [-0.15, -0.1) is 11.8 Å². The van der Waals surface area contributed by atoms with Crippen LogP contribution in [0.3, 0.4) is 0 Å². The van der Waals surface area contributed by atoms with Gasteiger partial charge < -0.3 is 15.0 Å². The Balaban J connectivity index is 1.84. The van der Waals surface area contributed by atoms with Crippen LogP contribution in [0.25, 0.3) is 0 Å². The minimum absolute atomic E-state index is 0.0180. The Morgan fingerprint density at radius 1 is 0.896 bits per heavy atom. The molecule has 254 valence electrons. The number of anilines is 1. The van der Waals surface area contributed by atoms with Gasteiger partial charge in [0.05, 0.1) is 17.2 Å². The van der Waals surface area contributed by atoms with Crippen LogP contribution in [0, 0.1) is 11.7 Å². The van der Waals surface area contributed by atoms with Crippen molar-refractivity contribution in [2.45, 2.75) is 49.6 Å². The molecule has 1 atom stereocenters. The van der Waals surface area contributed by atoms with Crippen molar-refractivity contribution in [2.24, 2.45) is 5.92 Å². The second kappa shape index (κ2) is 17.2. The maximum absolute atomic E-state index is 15.1. The van der Waals surface area contributed by atoms with Gasteiger partial charge in [0.25, 0.3) is 10.0 Å². The van der Waals surface area contributed by atoms with E-state index in [1.54, 1.807) is 61.5 Å². The molecule has 0 heterocycles. The summed E-state index contributed by atoms with van der Waals surface area (Å²) in [7, 11) is -4.33. The highest BCUT2D eigenvalue weighted by Gasteiger charge is 2.36. The number of rotatable bonds is 16. The number of carbonyl (C=O) groups is 2. The fourth-order valence-corrected chi connectivity index (χ4v) is 6.95. The first-order valence-electron chi connectivity index (χ1n) is 15.8. The standard InChI is InChI=1S/C37H42FN3O5S2/c1-5-46-35-18-12-11-17-33(35)41(48(44,45)31-21-19-30(47-4)20-22-31)26-36(42)40(25-29-15-9-10-16-32(29)38)34(37(43)39-24-27(2)3)23-28-13-7-6-8-14-28/h6-22,27,34H,5,23-26H2,1-4H3,(H,39,43). The molecule has 0 aliphatic heterocycles. The van der Waals surface area contributed by atoms with E-state index in [0.29, 0.717) is 6.54 Å². The Labute approximate surface area is 287 Å². The van der Waals surface area contributed by atoms with Crippen molar-refractivity contribution in [3.63, 3.8) is 0 Å². The Kier molecular flexibility index (Phi) is 13.0. The summed E-state index contributed by atoms with van der Waals surface area (Å²) in [5.41, 5.74) is 1.14. The van der Waals surface area contributed by atoms with Crippen LogP contribution in [-0.2, 0) is 32.6 Å². The molecule has 0 aliphatic carbocycles. The fourth-order valence-electron chi connectivity index (χ4n) is 5.12. The second-order valence-corrected chi connectivity index (χ2v) is 14.3. The summed E-state index contributed by atoms with van der Waals surface area (Å²) >= 11 is 1.47. The number of hydrogen-bond donors (Lipinski definition) is 1. The minimum atomic E-state index is -4.33. The van der Waals surface area contributed by atoms with Crippen LogP contribution in [0.15, 0.2) is 113 Å². The molecular weight excluding hydrogens is 650 g/mol. The number of halogens is 1. The quantitative estimate of drug-likeness (QED) is 0.134. The third-order valence-corrected chi connectivity index (χ3v) is 10.1. The van der Waals surface area contributed by atoms with E-state index in [4.69, 9.17) is 4.74 Å². The molecule has 4 aromatic rings. The van der Waals surface area contributed by atoms with E-state index in [1.807, 2.05) is 50.4 Å². The number of benzene rings is 4. The zero-order valence-corrected chi connectivity index (χ0v) is 29.3. The van der Waals surface area contributed by atoms with Crippen LogP contribution in [0.4, 0.5) is 10.1 Å². The third kappa shape index (κ3) is 9.38. The lowest BCUT2D eigenvalue weighted by atomic mass is 10.0. The van der Waals surface area contributed by atoms with E-state index < -0.39 is 40.2 Å². The number of amides is 2. The van der Waals surface area contributed by atoms with E-state index in [2.05, 4.69) is 5.32 Å². The number of hydrogen-bond acceptors (Lipinski definition) is 6.